The number of aryl methyl sites for hydroxylation is 1. The van der Waals surface area contributed by atoms with E-state index in [0.717, 1.165) is 25.1 Å². The van der Waals surface area contributed by atoms with Crippen molar-refractivity contribution in [2.75, 3.05) is 13.7 Å². The van der Waals surface area contributed by atoms with Gasteiger partial charge in [-0.25, -0.2) is 0 Å². The van der Waals surface area contributed by atoms with Gasteiger partial charge >= 0.3 is 0 Å². The first-order valence-electron chi connectivity index (χ1n) is 5.89. The number of nitrogens with one attached hydrogen (secondary N) is 1. The molecule has 0 aromatic carbocycles. The number of likely N-dealkylation sites (N-methyl/N-ethyl adjacent to an activating group) is 1. The van der Waals surface area contributed by atoms with Crippen molar-refractivity contribution in [3.8, 4) is 0 Å². The minimum atomic E-state index is -0.0916. The molecule has 1 aliphatic heterocycles. The summed E-state index contributed by atoms with van der Waals surface area (Å²) in [5.74, 6) is 0. The normalized spacial score (nSPS) is 26.9. The molecule has 1 aliphatic rings. The zero-order valence-corrected chi connectivity index (χ0v) is 10.3. The van der Waals surface area contributed by atoms with Crippen LogP contribution in [0, 0.1) is 6.92 Å². The molecule has 16 heavy (non-hydrogen) atoms. The van der Waals surface area contributed by atoms with E-state index in [-0.39, 0.29) is 11.6 Å². The van der Waals surface area contributed by atoms with Crippen LogP contribution in [0.5, 0.6) is 0 Å². The number of hydrogen-bond acceptors (Lipinski definition) is 3. The highest BCUT2D eigenvalue weighted by Crippen LogP contribution is 2.36. The topological polar surface area (TPSA) is 34.2 Å². The Bertz CT molecular complexity index is 341. The third-order valence-corrected chi connectivity index (χ3v) is 3.42. The molecule has 1 N–H and O–H groups in total. The van der Waals surface area contributed by atoms with Crippen molar-refractivity contribution in [1.29, 1.82) is 0 Å². The molecule has 3 nitrogen and oxygen atoms in total. The maximum atomic E-state index is 5.89. The van der Waals surface area contributed by atoms with Crippen molar-refractivity contribution in [3.05, 3.63) is 29.6 Å². The van der Waals surface area contributed by atoms with Crippen molar-refractivity contribution >= 4 is 0 Å². The molecule has 1 aromatic rings. The minimum absolute atomic E-state index is 0.0916. The van der Waals surface area contributed by atoms with Crippen LogP contribution >= 0.6 is 0 Å². The fourth-order valence-corrected chi connectivity index (χ4v) is 2.50. The van der Waals surface area contributed by atoms with E-state index in [1.165, 1.54) is 5.56 Å². The molecule has 0 amide bonds. The molecule has 2 atom stereocenters. The summed E-state index contributed by atoms with van der Waals surface area (Å²) in [6, 6.07) is 4.41. The van der Waals surface area contributed by atoms with E-state index in [2.05, 4.69) is 29.4 Å². The van der Waals surface area contributed by atoms with Crippen LogP contribution in [0.15, 0.2) is 18.3 Å². The van der Waals surface area contributed by atoms with Crippen molar-refractivity contribution in [1.82, 2.24) is 10.3 Å². The van der Waals surface area contributed by atoms with Crippen LogP contribution in [-0.4, -0.2) is 24.2 Å². The van der Waals surface area contributed by atoms with Gasteiger partial charge < -0.3 is 10.1 Å². The van der Waals surface area contributed by atoms with Crippen molar-refractivity contribution in [2.24, 2.45) is 0 Å². The highest BCUT2D eigenvalue weighted by molar-refractivity contribution is 5.21. The Balaban J connectivity index is 2.25. The number of nitrogens with zero attached hydrogens (tertiary/aromatic N) is 1. The molecule has 1 fully saturated rings. The van der Waals surface area contributed by atoms with Gasteiger partial charge in [0.05, 0.1) is 11.6 Å². The van der Waals surface area contributed by atoms with Crippen LogP contribution < -0.4 is 5.32 Å². The number of rotatable bonds is 3. The monoisotopic (exact) mass is 220 g/mol. The predicted molar refractivity (Wildman–Crippen MR) is 64.4 cm³/mol. The van der Waals surface area contributed by atoms with Gasteiger partial charge in [-0.2, -0.15) is 0 Å². The smallest absolute Gasteiger partial charge is 0.0849 e. The number of ether oxygens (including phenoxy) is 1. The van der Waals surface area contributed by atoms with E-state index in [4.69, 9.17) is 4.74 Å². The Morgan fingerprint density at radius 2 is 2.31 bits per heavy atom. The van der Waals surface area contributed by atoms with Gasteiger partial charge in [-0.05, 0) is 45.4 Å². The molecule has 1 saturated heterocycles. The van der Waals surface area contributed by atoms with Gasteiger partial charge in [0.1, 0.15) is 0 Å². The second-order valence-corrected chi connectivity index (χ2v) is 4.72. The second-order valence-electron chi connectivity index (χ2n) is 4.72. The molecule has 0 spiro atoms. The van der Waals surface area contributed by atoms with Gasteiger partial charge in [-0.3, -0.25) is 4.98 Å². The van der Waals surface area contributed by atoms with Crippen molar-refractivity contribution in [2.45, 2.75) is 38.3 Å². The summed E-state index contributed by atoms with van der Waals surface area (Å²) in [5, 5.41) is 3.36. The zero-order valence-electron chi connectivity index (χ0n) is 10.3. The predicted octanol–water partition coefficient (Wildman–Crippen LogP) is 2.22. The Kier molecular flexibility index (Phi) is 3.26. The highest BCUT2D eigenvalue weighted by atomic mass is 16.5. The molecular weight excluding hydrogens is 200 g/mol. The third kappa shape index (κ3) is 2.11. The number of hydrogen-bond donors (Lipinski definition) is 1. The maximum Gasteiger partial charge on any atom is 0.0849 e. The summed E-state index contributed by atoms with van der Waals surface area (Å²) in [6.07, 6.45) is 4.20. The number of aromatic nitrogens is 1. The van der Waals surface area contributed by atoms with Gasteiger partial charge in [0, 0.05) is 18.5 Å². The van der Waals surface area contributed by atoms with Crippen LogP contribution in [0.3, 0.4) is 0 Å². The van der Waals surface area contributed by atoms with Gasteiger partial charge in [0.2, 0.25) is 0 Å². The lowest BCUT2D eigenvalue weighted by atomic mass is 9.88. The van der Waals surface area contributed by atoms with Gasteiger partial charge in [0.15, 0.2) is 0 Å². The summed E-state index contributed by atoms with van der Waals surface area (Å²) in [6.45, 7) is 5.06. The highest BCUT2D eigenvalue weighted by Gasteiger charge is 2.38. The lowest BCUT2D eigenvalue weighted by Crippen LogP contribution is -2.39. The molecule has 88 valence electrons. The first kappa shape index (κ1) is 11.6. The molecule has 2 heterocycles. The molecule has 0 aliphatic carbocycles. The summed E-state index contributed by atoms with van der Waals surface area (Å²) >= 11 is 0. The van der Waals surface area contributed by atoms with Crippen LogP contribution in [0.2, 0.25) is 0 Å². The molecule has 0 bridgehead atoms. The second kappa shape index (κ2) is 4.52. The molecule has 1 aromatic heterocycles. The Hall–Kier alpha value is -0.930. The summed E-state index contributed by atoms with van der Waals surface area (Å²) in [4.78, 5) is 4.35. The quantitative estimate of drug-likeness (QED) is 0.848. The van der Waals surface area contributed by atoms with E-state index in [1.807, 2.05) is 20.2 Å². The van der Waals surface area contributed by atoms with Crippen molar-refractivity contribution < 1.29 is 4.74 Å². The zero-order chi connectivity index (χ0) is 11.6. The molecular formula is C13H20N2O. The Morgan fingerprint density at radius 1 is 1.50 bits per heavy atom. The lowest BCUT2D eigenvalue weighted by Gasteiger charge is -2.33. The fraction of sp³-hybridized carbons (Fsp3) is 0.615. The van der Waals surface area contributed by atoms with E-state index in [1.54, 1.807) is 0 Å². The first-order valence-corrected chi connectivity index (χ1v) is 5.89. The van der Waals surface area contributed by atoms with Gasteiger partial charge in [-0.15, -0.1) is 0 Å². The van der Waals surface area contributed by atoms with E-state index >= 15 is 0 Å². The maximum absolute atomic E-state index is 5.89. The van der Waals surface area contributed by atoms with E-state index in [0.29, 0.717) is 0 Å². The lowest BCUT2D eigenvalue weighted by molar-refractivity contribution is -0.0105. The van der Waals surface area contributed by atoms with Gasteiger partial charge in [0.25, 0.3) is 0 Å². The van der Waals surface area contributed by atoms with Crippen molar-refractivity contribution in [3.63, 3.8) is 0 Å². The van der Waals surface area contributed by atoms with E-state index in [9.17, 15) is 0 Å². The Morgan fingerprint density at radius 3 is 2.81 bits per heavy atom. The average molecular weight is 220 g/mol. The molecule has 0 saturated carbocycles. The van der Waals surface area contributed by atoms with Crippen LogP contribution in [0.1, 0.15) is 37.1 Å². The summed E-state index contributed by atoms with van der Waals surface area (Å²) in [7, 11) is 1.98. The molecule has 0 radical (unpaired) electrons. The average Bonchev–Trinajstić information content (AvgIpc) is 2.70. The molecule has 2 unspecified atom stereocenters. The first-order chi connectivity index (χ1) is 7.65. The SMILES string of the molecule is CNC(c1ccc(C)nc1)C1(C)CCCO1. The number of pyridine rings is 1. The van der Waals surface area contributed by atoms with Gasteiger partial charge in [-0.1, -0.05) is 6.07 Å². The summed E-state index contributed by atoms with van der Waals surface area (Å²) < 4.78 is 5.89. The fourth-order valence-electron chi connectivity index (χ4n) is 2.50. The minimum Gasteiger partial charge on any atom is -0.373 e. The molecule has 3 heteroatoms. The standard InChI is InChI=1S/C13H20N2O/c1-10-5-6-11(9-15-10)12(14-3)13(2)7-4-8-16-13/h5-6,9,12,14H,4,7-8H2,1-3H3. The van der Waals surface area contributed by atoms with Crippen LogP contribution in [0.25, 0.3) is 0 Å². The molecule has 2 rings (SSSR count). The largest absolute Gasteiger partial charge is 0.373 e. The third-order valence-electron chi connectivity index (χ3n) is 3.42. The summed E-state index contributed by atoms with van der Waals surface area (Å²) in [5.41, 5.74) is 2.17. The van der Waals surface area contributed by atoms with E-state index < -0.39 is 0 Å². The van der Waals surface area contributed by atoms with Crippen LogP contribution in [0.4, 0.5) is 0 Å². The Labute approximate surface area is 97.2 Å². The van der Waals surface area contributed by atoms with Crippen LogP contribution in [-0.2, 0) is 4.74 Å².